The van der Waals surface area contributed by atoms with Gasteiger partial charge in [-0.3, -0.25) is 0 Å². The van der Waals surface area contributed by atoms with Crippen molar-refractivity contribution in [2.45, 2.75) is 112 Å². The van der Waals surface area contributed by atoms with Crippen LogP contribution in [0, 0.1) is 23.7 Å². The zero-order valence-electron chi connectivity index (χ0n) is 15.9. The van der Waals surface area contributed by atoms with Crippen LogP contribution in [0.5, 0.6) is 0 Å². The predicted octanol–water partition coefficient (Wildman–Crippen LogP) is 7.17. The molecular weight excluding hydrogens is 328 g/mol. The Hall–Kier alpha value is 0.700. The van der Waals surface area contributed by atoms with Gasteiger partial charge < -0.3 is 0 Å². The Morgan fingerprint density at radius 3 is 1.12 bits per heavy atom. The van der Waals surface area contributed by atoms with Crippen LogP contribution in [0.25, 0.3) is 0 Å². The summed E-state index contributed by atoms with van der Waals surface area (Å²) < 4.78 is 0. The summed E-state index contributed by atoms with van der Waals surface area (Å²) >= 11 is 4.89. The molecule has 4 atom stereocenters. The summed E-state index contributed by atoms with van der Waals surface area (Å²) in [6.07, 6.45) is 18.3. The molecule has 0 bridgehead atoms. The summed E-state index contributed by atoms with van der Waals surface area (Å²) in [5.74, 6) is 4.15. The molecule has 2 saturated heterocycles. The molecule has 2 heterocycles. The van der Waals surface area contributed by atoms with Crippen molar-refractivity contribution >= 4 is 23.5 Å². The number of hydrogen-bond acceptors (Lipinski definition) is 2. The maximum absolute atomic E-state index is 2.46. The maximum Gasteiger partial charge on any atom is 0.0169 e. The molecule has 0 spiro atoms. The van der Waals surface area contributed by atoms with Crippen LogP contribution < -0.4 is 0 Å². The van der Waals surface area contributed by atoms with Gasteiger partial charge in [0.25, 0.3) is 0 Å². The average Bonchev–Trinajstić information content (AvgIpc) is 3.25. The second-order valence-electron chi connectivity index (χ2n) is 9.62. The zero-order chi connectivity index (χ0) is 16.5. The predicted molar refractivity (Wildman–Crippen MR) is 111 cm³/mol. The van der Waals surface area contributed by atoms with Gasteiger partial charge in [-0.05, 0) is 75.0 Å². The molecule has 4 aliphatic rings. The first kappa shape index (κ1) is 18.1. The normalized spacial score (nSPS) is 50.2. The van der Waals surface area contributed by atoms with Crippen LogP contribution in [0.1, 0.15) is 90.9 Å². The fourth-order valence-electron chi connectivity index (χ4n) is 5.93. The van der Waals surface area contributed by atoms with E-state index in [0.29, 0.717) is 0 Å². The van der Waals surface area contributed by atoms with Crippen molar-refractivity contribution in [1.29, 1.82) is 0 Å². The van der Waals surface area contributed by atoms with Gasteiger partial charge in [-0.15, -0.1) is 0 Å². The third-order valence-corrected chi connectivity index (χ3v) is 11.7. The quantitative estimate of drug-likeness (QED) is 0.519. The maximum atomic E-state index is 2.46. The standard InChI is InChI=1S/C22H38S2/c1-15-3-7-17(8-4-15)19-11-13-21(23-19)22-14-12-20(24-22)18-9-5-16(2)6-10-18/h15-22H,3-14H2,1-2H3. The van der Waals surface area contributed by atoms with Crippen LogP contribution >= 0.6 is 23.5 Å². The van der Waals surface area contributed by atoms with E-state index in [1.165, 1.54) is 77.0 Å². The van der Waals surface area contributed by atoms with Gasteiger partial charge in [0.05, 0.1) is 0 Å². The first-order valence-electron chi connectivity index (χ1n) is 11.0. The lowest BCUT2D eigenvalue weighted by atomic mass is 9.80. The lowest BCUT2D eigenvalue weighted by Crippen LogP contribution is -2.22. The van der Waals surface area contributed by atoms with E-state index in [1.807, 2.05) is 0 Å². The van der Waals surface area contributed by atoms with Gasteiger partial charge in [-0.1, -0.05) is 39.5 Å². The molecule has 4 fully saturated rings. The van der Waals surface area contributed by atoms with E-state index in [-0.39, 0.29) is 0 Å². The molecule has 0 nitrogen and oxygen atoms in total. The molecule has 0 aromatic carbocycles. The lowest BCUT2D eigenvalue weighted by molar-refractivity contribution is 0.281. The second kappa shape index (κ2) is 8.15. The van der Waals surface area contributed by atoms with Gasteiger partial charge in [-0.2, -0.15) is 23.5 Å². The van der Waals surface area contributed by atoms with Crippen molar-refractivity contribution in [3.8, 4) is 0 Å². The van der Waals surface area contributed by atoms with Crippen LogP contribution in [-0.2, 0) is 0 Å². The minimum Gasteiger partial charge on any atom is -0.154 e. The van der Waals surface area contributed by atoms with E-state index in [1.54, 1.807) is 0 Å². The molecule has 2 saturated carbocycles. The molecule has 2 aliphatic heterocycles. The summed E-state index contributed by atoms with van der Waals surface area (Å²) in [4.78, 5) is 0. The monoisotopic (exact) mass is 366 g/mol. The van der Waals surface area contributed by atoms with E-state index < -0.39 is 0 Å². The highest BCUT2D eigenvalue weighted by Gasteiger charge is 2.41. The number of rotatable bonds is 3. The van der Waals surface area contributed by atoms with E-state index >= 15 is 0 Å². The molecule has 138 valence electrons. The van der Waals surface area contributed by atoms with Crippen LogP contribution in [0.2, 0.25) is 0 Å². The third kappa shape index (κ3) is 4.16. The van der Waals surface area contributed by atoms with Gasteiger partial charge in [-0.25, -0.2) is 0 Å². The second-order valence-corrected chi connectivity index (χ2v) is 12.6. The van der Waals surface area contributed by atoms with Gasteiger partial charge >= 0.3 is 0 Å². The highest BCUT2D eigenvalue weighted by molar-refractivity contribution is 8.04. The minimum absolute atomic E-state index is 1.01. The zero-order valence-corrected chi connectivity index (χ0v) is 17.6. The molecule has 2 aliphatic carbocycles. The van der Waals surface area contributed by atoms with Crippen molar-refractivity contribution in [3.05, 3.63) is 0 Å². The molecule has 4 unspecified atom stereocenters. The lowest BCUT2D eigenvalue weighted by Gasteiger charge is -2.31. The highest BCUT2D eigenvalue weighted by atomic mass is 32.2. The number of thioether (sulfide) groups is 2. The summed E-state index contributed by atoms with van der Waals surface area (Å²) in [6, 6.07) is 0. The molecule has 0 aromatic heterocycles. The largest absolute Gasteiger partial charge is 0.154 e. The van der Waals surface area contributed by atoms with Gasteiger partial charge in [0.15, 0.2) is 0 Å². The number of hydrogen-bond donors (Lipinski definition) is 0. The molecule has 0 N–H and O–H groups in total. The fourth-order valence-corrected chi connectivity index (χ4v) is 9.92. The highest BCUT2D eigenvalue weighted by Crippen LogP contribution is 2.52. The van der Waals surface area contributed by atoms with Crippen LogP contribution in [0.3, 0.4) is 0 Å². The van der Waals surface area contributed by atoms with Crippen LogP contribution in [-0.4, -0.2) is 21.0 Å². The van der Waals surface area contributed by atoms with Crippen LogP contribution in [0.15, 0.2) is 0 Å². The molecule has 0 aromatic rings. The molecule has 24 heavy (non-hydrogen) atoms. The topological polar surface area (TPSA) is 0 Å². The van der Waals surface area contributed by atoms with E-state index in [2.05, 4.69) is 37.4 Å². The molecule has 0 amide bonds. The van der Waals surface area contributed by atoms with E-state index in [9.17, 15) is 0 Å². The minimum atomic E-state index is 1.01. The van der Waals surface area contributed by atoms with Crippen molar-refractivity contribution in [2.24, 2.45) is 23.7 Å². The summed E-state index contributed by atoms with van der Waals surface area (Å²) in [7, 11) is 0. The summed E-state index contributed by atoms with van der Waals surface area (Å²) in [5.41, 5.74) is 0. The Balaban J connectivity index is 1.24. The first-order chi connectivity index (χ1) is 11.7. The smallest absolute Gasteiger partial charge is 0.0169 e. The van der Waals surface area contributed by atoms with Crippen LogP contribution in [0.4, 0.5) is 0 Å². The van der Waals surface area contributed by atoms with Crippen molar-refractivity contribution in [2.75, 3.05) is 0 Å². The Bertz CT molecular complexity index is 355. The van der Waals surface area contributed by atoms with E-state index in [4.69, 9.17) is 0 Å². The van der Waals surface area contributed by atoms with Gasteiger partial charge in [0.2, 0.25) is 0 Å². The summed E-state index contributed by atoms with van der Waals surface area (Å²) in [6.45, 7) is 4.92. The van der Waals surface area contributed by atoms with E-state index in [0.717, 1.165) is 44.7 Å². The van der Waals surface area contributed by atoms with Gasteiger partial charge in [0, 0.05) is 21.0 Å². The average molecular weight is 367 g/mol. The third-order valence-electron chi connectivity index (χ3n) is 7.76. The Morgan fingerprint density at radius 1 is 0.417 bits per heavy atom. The Kier molecular flexibility index (Phi) is 6.14. The molecule has 0 radical (unpaired) electrons. The SMILES string of the molecule is CC1CCC(C2CCC(C3CCC(C4CCC(C)CC4)S3)S2)CC1. The molecule has 2 heteroatoms. The Labute approximate surface area is 159 Å². The van der Waals surface area contributed by atoms with Crippen molar-refractivity contribution in [1.82, 2.24) is 0 Å². The summed E-state index contributed by atoms with van der Waals surface area (Å²) in [5, 5.41) is 4.06. The van der Waals surface area contributed by atoms with Gasteiger partial charge in [0.1, 0.15) is 0 Å². The fraction of sp³-hybridized carbons (Fsp3) is 1.00. The first-order valence-corrected chi connectivity index (χ1v) is 12.9. The molecule has 4 rings (SSSR count). The van der Waals surface area contributed by atoms with Crippen molar-refractivity contribution < 1.29 is 0 Å². The Morgan fingerprint density at radius 2 is 0.750 bits per heavy atom. The molecular formula is C22H38S2. The van der Waals surface area contributed by atoms with Crippen molar-refractivity contribution in [3.63, 3.8) is 0 Å².